The van der Waals surface area contributed by atoms with Crippen LogP contribution >= 0.6 is 11.8 Å². The Kier molecular flexibility index (Phi) is 11.6. The van der Waals surface area contributed by atoms with Gasteiger partial charge in [0, 0.05) is 19.5 Å². The van der Waals surface area contributed by atoms with Crippen molar-refractivity contribution in [1.82, 2.24) is 9.56 Å². The summed E-state index contributed by atoms with van der Waals surface area (Å²) in [6, 6.07) is 36.7. The Hall–Kier alpha value is -2.34. The quantitative estimate of drug-likeness (QED) is 0.203. The van der Waals surface area contributed by atoms with Gasteiger partial charge in [0.05, 0.1) is 17.0 Å². The third-order valence-corrected chi connectivity index (χ3v) is 6.74. The van der Waals surface area contributed by atoms with Gasteiger partial charge in [-0.25, -0.2) is 18.0 Å². The summed E-state index contributed by atoms with van der Waals surface area (Å²) in [5.41, 5.74) is 2.70. The average Bonchev–Trinajstić information content (AvgIpc) is 2.87. The molecule has 2 N–H and O–H groups in total. The zero-order chi connectivity index (χ0) is 23.5. The number of hydrogen-bond donors (Lipinski definition) is 2. The topological polar surface area (TPSA) is 58.2 Å². The van der Waals surface area contributed by atoms with Gasteiger partial charge in [-0.3, -0.25) is 0 Å². The van der Waals surface area contributed by atoms with Gasteiger partial charge in [0.2, 0.25) is 10.0 Å². The fraction of sp³-hybridized carbons (Fsp3) is 0.111. The molecule has 7 heteroatoms. The number of nitrogens with one attached hydrogen (secondary N) is 2. The molecule has 4 aromatic carbocycles. The molecule has 0 aliphatic rings. The Balaban J connectivity index is 0.000000508. The molecule has 2 atom stereocenters. The molecule has 0 bridgehead atoms. The number of rotatable bonds is 7. The van der Waals surface area contributed by atoms with Crippen molar-refractivity contribution in [3.8, 4) is 0 Å². The Morgan fingerprint density at radius 3 is 1.41 bits per heavy atom. The molecule has 0 saturated carbocycles. The summed E-state index contributed by atoms with van der Waals surface area (Å²) in [4.78, 5) is 2.96. The molecule has 0 amide bonds. The molecule has 34 heavy (non-hydrogen) atoms. The van der Waals surface area contributed by atoms with Crippen LogP contribution in [0.3, 0.4) is 0 Å². The van der Waals surface area contributed by atoms with Crippen molar-refractivity contribution in [3.63, 3.8) is 0 Å². The molecule has 0 aliphatic heterocycles. The number of benzene rings is 4. The first-order valence-electron chi connectivity index (χ1n) is 10.6. The number of hydrogen-bond acceptors (Lipinski definition) is 3. The predicted molar refractivity (Wildman–Crippen MR) is 135 cm³/mol. The molecule has 0 fully saturated rings. The van der Waals surface area contributed by atoms with Gasteiger partial charge in [0.25, 0.3) is 0 Å². The van der Waals surface area contributed by atoms with Crippen LogP contribution in [0.5, 0.6) is 0 Å². The molecule has 0 aromatic heterocycles. The second kappa shape index (κ2) is 14.2. The van der Waals surface area contributed by atoms with E-state index in [1.807, 2.05) is 104 Å². The van der Waals surface area contributed by atoms with Crippen molar-refractivity contribution in [3.05, 3.63) is 138 Å². The second-order valence-electron chi connectivity index (χ2n) is 7.47. The molecule has 4 rings (SSSR count). The number of aryl methyl sites for hydroxylation is 1. The van der Waals surface area contributed by atoms with E-state index in [2.05, 4.69) is 9.56 Å². The number of halogens is 1. The van der Waals surface area contributed by atoms with E-state index in [1.165, 1.54) is 0 Å². The van der Waals surface area contributed by atoms with E-state index in [9.17, 15) is 8.42 Å². The van der Waals surface area contributed by atoms with E-state index in [-0.39, 0.29) is 24.4 Å². The molecular formula is C27H27ClN2O2RuS. The van der Waals surface area contributed by atoms with E-state index in [4.69, 9.17) is 11.8 Å². The molecule has 0 spiro atoms. The third kappa shape index (κ3) is 8.16. The molecule has 178 valence electrons. The second-order valence-corrected chi connectivity index (χ2v) is 9.41. The summed E-state index contributed by atoms with van der Waals surface area (Å²) in [5, 5.41) is 0. The van der Waals surface area contributed by atoms with Crippen molar-refractivity contribution in [1.29, 1.82) is 0 Å². The van der Waals surface area contributed by atoms with Gasteiger partial charge in [0.1, 0.15) is 0 Å². The molecule has 4 aromatic rings. The normalized spacial score (nSPS) is 12.4. The maximum absolute atomic E-state index is 13.0. The van der Waals surface area contributed by atoms with Gasteiger partial charge < -0.3 is 0 Å². The van der Waals surface area contributed by atoms with E-state index in [1.54, 1.807) is 24.3 Å². The molecule has 4 nitrogen and oxygen atoms in total. The fourth-order valence-electron chi connectivity index (χ4n) is 3.31. The van der Waals surface area contributed by atoms with Gasteiger partial charge in [0.15, 0.2) is 0 Å². The largest absolute Gasteiger partial charge is 0.241 e. The van der Waals surface area contributed by atoms with Crippen LogP contribution in [-0.4, -0.2) is 8.42 Å². The summed E-state index contributed by atoms with van der Waals surface area (Å²) in [6.07, 6.45) is 0. The van der Waals surface area contributed by atoms with Gasteiger partial charge >= 0.3 is 0 Å². The molecule has 0 aliphatic carbocycles. The van der Waals surface area contributed by atoms with E-state index >= 15 is 0 Å². The van der Waals surface area contributed by atoms with Crippen molar-refractivity contribution < 1.29 is 27.9 Å². The van der Waals surface area contributed by atoms with Crippen molar-refractivity contribution in [2.45, 2.75) is 23.9 Å². The van der Waals surface area contributed by atoms with Crippen molar-refractivity contribution in [2.24, 2.45) is 0 Å². The minimum atomic E-state index is -3.74. The summed E-state index contributed by atoms with van der Waals surface area (Å²) in [6.45, 7) is 1.92. The minimum Gasteiger partial charge on any atom is -0.224 e. The first-order valence-corrected chi connectivity index (χ1v) is 12.4. The first kappa shape index (κ1) is 27.9. The predicted octanol–water partition coefficient (Wildman–Crippen LogP) is 6.18. The van der Waals surface area contributed by atoms with Crippen LogP contribution in [0.25, 0.3) is 0 Å². The number of sulfonamides is 1. The van der Waals surface area contributed by atoms with Crippen LogP contribution in [0.1, 0.15) is 28.8 Å². The summed E-state index contributed by atoms with van der Waals surface area (Å²) in [7, 11) is -3.74. The molecule has 0 heterocycles. The van der Waals surface area contributed by atoms with Gasteiger partial charge in [-0.15, -0.1) is 0 Å². The molecule has 0 unspecified atom stereocenters. The molecule has 0 saturated heterocycles. The van der Waals surface area contributed by atoms with Gasteiger partial charge in [-0.2, -0.15) is 0 Å². The van der Waals surface area contributed by atoms with E-state index < -0.39 is 22.1 Å². The Morgan fingerprint density at radius 2 is 1.00 bits per heavy atom. The monoisotopic (exact) mass is 580 g/mol. The Morgan fingerprint density at radius 1 is 0.618 bits per heavy atom. The third-order valence-electron chi connectivity index (χ3n) is 5.05. The van der Waals surface area contributed by atoms with Crippen LogP contribution < -0.4 is 9.56 Å². The Labute approximate surface area is 220 Å². The SMILES string of the molecule is Cc1ccc(S(=O)(=O)N[C@@H](c2ccccc2)[C@@H](NCl)c2ccccc2)cc1.[Ru].c1ccccc1. The minimum absolute atomic E-state index is 0. The van der Waals surface area contributed by atoms with Crippen LogP contribution in [0.15, 0.2) is 126 Å². The fourth-order valence-corrected chi connectivity index (χ4v) is 4.79. The van der Waals surface area contributed by atoms with Crippen LogP contribution in [0.2, 0.25) is 0 Å². The average molecular weight is 580 g/mol. The first-order chi connectivity index (χ1) is 16.0. The van der Waals surface area contributed by atoms with E-state index in [0.717, 1.165) is 16.7 Å². The van der Waals surface area contributed by atoms with Crippen LogP contribution in [-0.2, 0) is 29.5 Å². The maximum atomic E-state index is 13.0. The Bertz CT molecular complexity index is 1170. The molecular weight excluding hydrogens is 553 g/mol. The standard InChI is InChI=1S/C21H21ClN2O2S.C6H6.Ru/c1-16-12-14-19(15-13-16)27(25,26)24-21(18-10-6-3-7-11-18)20(23-22)17-8-4-2-5-9-17;1-2-4-6-5-3-1;/h2-15,20-21,23-24H,1H3;1-6H;/t20-,21-;;/m0../s1. The van der Waals surface area contributed by atoms with Crippen molar-refractivity contribution >= 4 is 21.8 Å². The van der Waals surface area contributed by atoms with E-state index in [0.29, 0.717) is 0 Å². The summed E-state index contributed by atoms with van der Waals surface area (Å²) >= 11 is 6.06. The van der Waals surface area contributed by atoms with Crippen LogP contribution in [0, 0.1) is 6.92 Å². The van der Waals surface area contributed by atoms with Crippen molar-refractivity contribution in [2.75, 3.05) is 0 Å². The van der Waals surface area contributed by atoms with Crippen LogP contribution in [0.4, 0.5) is 0 Å². The van der Waals surface area contributed by atoms with Gasteiger partial charge in [-0.1, -0.05) is 115 Å². The smallest absolute Gasteiger partial charge is 0.224 e. The summed E-state index contributed by atoms with van der Waals surface area (Å²) in [5.74, 6) is 0. The van der Waals surface area contributed by atoms with Gasteiger partial charge in [-0.05, 0) is 42.0 Å². The molecule has 0 radical (unpaired) electrons. The zero-order valence-electron chi connectivity index (χ0n) is 18.7. The summed E-state index contributed by atoms with van der Waals surface area (Å²) < 4.78 is 28.8. The maximum Gasteiger partial charge on any atom is 0.241 e. The zero-order valence-corrected chi connectivity index (χ0v) is 22.0.